The quantitative estimate of drug-likeness (QED) is 0.874. The Bertz CT molecular complexity index is 490. The molecule has 0 fully saturated rings. The van der Waals surface area contributed by atoms with Gasteiger partial charge in [-0.25, -0.2) is 4.79 Å². The number of hydrogen-bond donors (Lipinski definition) is 2. The minimum atomic E-state index is -1.04. The first-order valence-corrected chi connectivity index (χ1v) is 6.49. The number of nitrogens with one attached hydrogen (secondary N) is 1. The van der Waals surface area contributed by atoms with Crippen molar-refractivity contribution < 1.29 is 9.90 Å². The zero-order chi connectivity index (χ0) is 13.8. The number of hydrogen-bond acceptors (Lipinski definition) is 3. The lowest BCUT2D eigenvalue weighted by molar-refractivity contribution is -0.142. The van der Waals surface area contributed by atoms with Crippen molar-refractivity contribution in [1.82, 2.24) is 0 Å². The second-order valence-electron chi connectivity index (χ2n) is 4.02. The molecule has 4 nitrogen and oxygen atoms in total. The fourth-order valence-corrected chi connectivity index (χ4v) is 2.12. The highest BCUT2D eigenvalue weighted by Gasteiger charge is 2.35. The summed E-state index contributed by atoms with van der Waals surface area (Å²) in [7, 11) is 0. The molecule has 0 unspecified atom stereocenters. The van der Waals surface area contributed by atoms with Gasteiger partial charge >= 0.3 is 5.97 Å². The predicted octanol–water partition coefficient (Wildman–Crippen LogP) is 3.38. The fourth-order valence-electron chi connectivity index (χ4n) is 1.76. The highest BCUT2D eigenvalue weighted by Crippen LogP contribution is 2.27. The highest BCUT2D eigenvalue weighted by atomic mass is 79.9. The van der Waals surface area contributed by atoms with E-state index in [4.69, 9.17) is 5.26 Å². The number of rotatable bonds is 5. The average Bonchev–Trinajstić information content (AvgIpc) is 2.36. The molecule has 0 radical (unpaired) electrons. The van der Waals surface area contributed by atoms with Gasteiger partial charge in [0, 0.05) is 4.47 Å². The van der Waals surface area contributed by atoms with E-state index in [1.54, 1.807) is 18.2 Å². The van der Waals surface area contributed by atoms with E-state index in [2.05, 4.69) is 27.3 Å². The smallest absolute Gasteiger partial charge is 0.329 e. The van der Waals surface area contributed by atoms with E-state index in [1.807, 2.05) is 13.8 Å². The molecule has 0 heterocycles. The Morgan fingerprint density at radius 2 is 2.11 bits per heavy atom. The molecular weight excluding hydrogens is 296 g/mol. The normalized spacial score (nSPS) is 10.8. The summed E-state index contributed by atoms with van der Waals surface area (Å²) in [5.74, 6) is -0.906. The molecule has 0 saturated carbocycles. The summed E-state index contributed by atoms with van der Waals surface area (Å²) < 4.78 is 0.801. The third-order valence-corrected chi connectivity index (χ3v) is 3.59. The Balaban J connectivity index is 3.20. The van der Waals surface area contributed by atoms with E-state index < -0.39 is 11.5 Å². The zero-order valence-electron chi connectivity index (χ0n) is 10.3. The van der Waals surface area contributed by atoms with E-state index in [-0.39, 0.29) is 0 Å². The molecule has 0 amide bonds. The fraction of sp³-hybridized carbons (Fsp3) is 0.385. The van der Waals surface area contributed by atoms with Crippen molar-refractivity contribution >= 4 is 27.6 Å². The average molecular weight is 311 g/mol. The van der Waals surface area contributed by atoms with Crippen molar-refractivity contribution in [2.24, 2.45) is 0 Å². The molecule has 1 aromatic carbocycles. The first-order valence-electron chi connectivity index (χ1n) is 5.70. The van der Waals surface area contributed by atoms with Crippen LogP contribution in [0.25, 0.3) is 0 Å². The summed E-state index contributed by atoms with van der Waals surface area (Å²) in [4.78, 5) is 11.4. The van der Waals surface area contributed by atoms with Crippen LogP contribution < -0.4 is 5.32 Å². The first-order chi connectivity index (χ1) is 8.49. The van der Waals surface area contributed by atoms with Crippen molar-refractivity contribution in [3.63, 3.8) is 0 Å². The second-order valence-corrected chi connectivity index (χ2v) is 4.94. The molecule has 0 aromatic heterocycles. The minimum Gasteiger partial charge on any atom is -0.480 e. The van der Waals surface area contributed by atoms with Gasteiger partial charge in [0.1, 0.15) is 11.6 Å². The van der Waals surface area contributed by atoms with Crippen molar-refractivity contribution in [1.29, 1.82) is 5.26 Å². The molecule has 0 atom stereocenters. The van der Waals surface area contributed by atoms with Gasteiger partial charge in [-0.15, -0.1) is 0 Å². The maximum Gasteiger partial charge on any atom is 0.329 e. The molecule has 0 spiro atoms. The van der Waals surface area contributed by atoms with Gasteiger partial charge in [0.15, 0.2) is 0 Å². The Labute approximate surface area is 115 Å². The molecule has 0 aliphatic heterocycles. The molecule has 0 saturated heterocycles. The summed E-state index contributed by atoms with van der Waals surface area (Å²) >= 11 is 3.32. The summed E-state index contributed by atoms with van der Waals surface area (Å²) in [6.45, 7) is 3.63. The topological polar surface area (TPSA) is 73.1 Å². The molecule has 0 bridgehead atoms. The largest absolute Gasteiger partial charge is 0.480 e. The van der Waals surface area contributed by atoms with Crippen molar-refractivity contribution in [3.8, 4) is 6.07 Å². The predicted molar refractivity (Wildman–Crippen MR) is 73.4 cm³/mol. The Morgan fingerprint density at radius 3 is 2.56 bits per heavy atom. The van der Waals surface area contributed by atoms with Crippen molar-refractivity contribution in [3.05, 3.63) is 28.2 Å². The van der Waals surface area contributed by atoms with E-state index in [9.17, 15) is 9.90 Å². The Hall–Kier alpha value is -1.54. The summed E-state index contributed by atoms with van der Waals surface area (Å²) in [6, 6.07) is 7.19. The standard InChI is InChI=1S/C13H15BrN2O2/c1-3-13(4-2,12(17)18)16-11-7-10(14)6-5-9(11)8-15/h5-7,16H,3-4H2,1-2H3,(H,17,18). The lowest BCUT2D eigenvalue weighted by Crippen LogP contribution is -2.45. The molecule has 18 heavy (non-hydrogen) atoms. The van der Waals surface area contributed by atoms with Gasteiger partial charge in [0.05, 0.1) is 11.3 Å². The zero-order valence-corrected chi connectivity index (χ0v) is 11.9. The molecule has 0 aliphatic carbocycles. The van der Waals surface area contributed by atoms with E-state index in [0.29, 0.717) is 24.1 Å². The van der Waals surface area contributed by atoms with Crippen LogP contribution in [0.15, 0.2) is 22.7 Å². The first kappa shape index (κ1) is 14.5. The SMILES string of the molecule is CCC(CC)(Nc1cc(Br)ccc1C#N)C(=O)O. The summed E-state index contributed by atoms with van der Waals surface area (Å²) in [6.07, 6.45) is 0.881. The number of carbonyl (C=O) groups is 1. The molecule has 1 aromatic rings. The Kier molecular flexibility index (Phi) is 4.74. The van der Waals surface area contributed by atoms with Crippen molar-refractivity contribution in [2.45, 2.75) is 32.2 Å². The van der Waals surface area contributed by atoms with Gasteiger partial charge in [0.2, 0.25) is 0 Å². The monoisotopic (exact) mass is 310 g/mol. The second kappa shape index (κ2) is 5.87. The number of carboxylic acid groups (broad SMARTS) is 1. The van der Waals surface area contributed by atoms with Gasteiger partial charge in [-0.2, -0.15) is 5.26 Å². The summed E-state index contributed by atoms with van der Waals surface area (Å²) in [5, 5.41) is 21.4. The van der Waals surface area contributed by atoms with Crippen LogP contribution in [0.2, 0.25) is 0 Å². The third kappa shape index (κ3) is 2.82. The maximum absolute atomic E-state index is 11.4. The van der Waals surface area contributed by atoms with E-state index in [0.717, 1.165) is 4.47 Å². The molecule has 1 rings (SSSR count). The van der Waals surface area contributed by atoms with Crippen LogP contribution in [-0.4, -0.2) is 16.6 Å². The van der Waals surface area contributed by atoms with Gasteiger partial charge < -0.3 is 10.4 Å². The van der Waals surface area contributed by atoms with Crippen LogP contribution >= 0.6 is 15.9 Å². The van der Waals surface area contributed by atoms with Gasteiger partial charge in [-0.05, 0) is 31.0 Å². The van der Waals surface area contributed by atoms with E-state index in [1.165, 1.54) is 0 Å². The summed E-state index contributed by atoms with van der Waals surface area (Å²) in [5.41, 5.74) is -0.0597. The van der Waals surface area contributed by atoms with Gasteiger partial charge in [-0.3, -0.25) is 0 Å². The third-order valence-electron chi connectivity index (χ3n) is 3.09. The molecule has 2 N–H and O–H groups in total. The lowest BCUT2D eigenvalue weighted by Gasteiger charge is -2.29. The van der Waals surface area contributed by atoms with E-state index >= 15 is 0 Å². The number of benzene rings is 1. The van der Waals surface area contributed by atoms with Crippen LogP contribution in [0.5, 0.6) is 0 Å². The van der Waals surface area contributed by atoms with Crippen LogP contribution in [0.4, 0.5) is 5.69 Å². The van der Waals surface area contributed by atoms with Gasteiger partial charge in [-0.1, -0.05) is 29.8 Å². The molecule has 5 heteroatoms. The minimum absolute atomic E-state index is 0.436. The molecule has 96 valence electrons. The lowest BCUT2D eigenvalue weighted by atomic mass is 9.92. The van der Waals surface area contributed by atoms with Gasteiger partial charge in [0.25, 0.3) is 0 Å². The van der Waals surface area contributed by atoms with Crippen LogP contribution in [0, 0.1) is 11.3 Å². The van der Waals surface area contributed by atoms with Crippen LogP contribution in [0.1, 0.15) is 32.3 Å². The number of anilines is 1. The van der Waals surface area contributed by atoms with Crippen molar-refractivity contribution in [2.75, 3.05) is 5.32 Å². The molecule has 0 aliphatic rings. The number of nitrogens with zero attached hydrogens (tertiary/aromatic N) is 1. The number of nitriles is 1. The Morgan fingerprint density at radius 1 is 1.50 bits per heavy atom. The number of aliphatic carboxylic acids is 1. The van der Waals surface area contributed by atoms with Crippen LogP contribution in [-0.2, 0) is 4.79 Å². The number of carboxylic acids is 1. The van der Waals surface area contributed by atoms with Crippen LogP contribution in [0.3, 0.4) is 0 Å². The maximum atomic E-state index is 11.4. The number of halogens is 1. The molecular formula is C13H15BrN2O2. The highest BCUT2D eigenvalue weighted by molar-refractivity contribution is 9.10.